The van der Waals surface area contributed by atoms with Gasteiger partial charge >= 0.3 is 0 Å². The number of aromatic nitrogens is 3. The third-order valence-corrected chi connectivity index (χ3v) is 3.10. The van der Waals surface area contributed by atoms with E-state index in [0.29, 0.717) is 25.1 Å². The second kappa shape index (κ2) is 7.43. The van der Waals surface area contributed by atoms with Crippen molar-refractivity contribution in [2.24, 2.45) is 5.84 Å². The number of aliphatic hydroxyl groups excluding tert-OH is 1. The standard InChI is InChI=1S/C14H17N5O3/c15-17-13(21)11-9-12(10-3-5-16-6-4-10)18-19(14(11)22)7-1-2-8-20/h3-6,9,20H,1-2,7-8,15H2,(H,17,21). The van der Waals surface area contributed by atoms with Gasteiger partial charge in [-0.15, -0.1) is 0 Å². The maximum Gasteiger partial charge on any atom is 0.279 e. The van der Waals surface area contributed by atoms with Crippen LogP contribution in [0, 0.1) is 0 Å². The van der Waals surface area contributed by atoms with Gasteiger partial charge in [-0.05, 0) is 31.0 Å². The lowest BCUT2D eigenvalue weighted by Crippen LogP contribution is -2.37. The van der Waals surface area contributed by atoms with Crippen LogP contribution in [0.3, 0.4) is 0 Å². The van der Waals surface area contributed by atoms with Crippen molar-refractivity contribution >= 4 is 5.91 Å². The van der Waals surface area contributed by atoms with Crippen molar-refractivity contribution < 1.29 is 9.90 Å². The van der Waals surface area contributed by atoms with Gasteiger partial charge in [0.1, 0.15) is 5.56 Å². The third kappa shape index (κ3) is 3.54. The summed E-state index contributed by atoms with van der Waals surface area (Å²) in [4.78, 5) is 27.9. The van der Waals surface area contributed by atoms with Crippen LogP contribution < -0.4 is 16.8 Å². The molecule has 4 N–H and O–H groups in total. The maximum absolute atomic E-state index is 12.3. The smallest absolute Gasteiger partial charge is 0.279 e. The van der Waals surface area contributed by atoms with Crippen molar-refractivity contribution in [1.29, 1.82) is 0 Å². The molecule has 0 spiro atoms. The summed E-state index contributed by atoms with van der Waals surface area (Å²) in [5.74, 6) is 4.45. The molecule has 8 nitrogen and oxygen atoms in total. The predicted octanol–water partition coefficient (Wildman–Crippen LogP) is -0.319. The Bertz CT molecular complexity index is 699. The quantitative estimate of drug-likeness (QED) is 0.291. The summed E-state index contributed by atoms with van der Waals surface area (Å²) in [5, 5.41) is 13.1. The Kier molecular flexibility index (Phi) is 5.34. The number of nitrogen functional groups attached to an aromatic ring is 1. The molecule has 0 radical (unpaired) electrons. The molecule has 0 saturated heterocycles. The Hall–Kier alpha value is -2.58. The van der Waals surface area contributed by atoms with E-state index < -0.39 is 11.5 Å². The van der Waals surface area contributed by atoms with Gasteiger partial charge in [0.05, 0.1) is 5.69 Å². The van der Waals surface area contributed by atoms with Crippen molar-refractivity contribution in [3.63, 3.8) is 0 Å². The van der Waals surface area contributed by atoms with E-state index in [2.05, 4.69) is 10.1 Å². The zero-order chi connectivity index (χ0) is 15.9. The predicted molar refractivity (Wildman–Crippen MR) is 79.7 cm³/mol. The maximum atomic E-state index is 12.3. The number of nitrogens with two attached hydrogens (primary N) is 1. The van der Waals surface area contributed by atoms with Gasteiger partial charge < -0.3 is 5.11 Å². The molecule has 22 heavy (non-hydrogen) atoms. The van der Waals surface area contributed by atoms with Crippen LogP contribution >= 0.6 is 0 Å². The molecule has 0 fully saturated rings. The van der Waals surface area contributed by atoms with Gasteiger partial charge in [0.15, 0.2) is 0 Å². The Balaban J connectivity index is 2.48. The number of unbranched alkanes of at least 4 members (excludes halogenated alkanes) is 1. The number of rotatable bonds is 6. The van der Waals surface area contributed by atoms with Crippen LogP contribution in [-0.2, 0) is 6.54 Å². The Morgan fingerprint density at radius 3 is 2.68 bits per heavy atom. The highest BCUT2D eigenvalue weighted by Gasteiger charge is 2.15. The third-order valence-electron chi connectivity index (χ3n) is 3.10. The highest BCUT2D eigenvalue weighted by molar-refractivity contribution is 5.94. The molecule has 0 aliphatic rings. The van der Waals surface area contributed by atoms with Gasteiger partial charge in [-0.1, -0.05) is 0 Å². The Labute approximate surface area is 126 Å². The zero-order valence-corrected chi connectivity index (χ0v) is 11.9. The lowest BCUT2D eigenvalue weighted by molar-refractivity contribution is 0.0951. The first kappa shape index (κ1) is 15.8. The number of nitrogens with zero attached hydrogens (tertiary/aromatic N) is 3. The van der Waals surface area contributed by atoms with Crippen LogP contribution in [0.1, 0.15) is 23.2 Å². The minimum absolute atomic E-state index is 0.0366. The largest absolute Gasteiger partial charge is 0.396 e. The first-order valence-corrected chi connectivity index (χ1v) is 6.81. The van der Waals surface area contributed by atoms with Crippen molar-refractivity contribution in [2.45, 2.75) is 19.4 Å². The number of aryl methyl sites for hydroxylation is 1. The molecule has 0 aliphatic heterocycles. The minimum Gasteiger partial charge on any atom is -0.396 e. The fraction of sp³-hybridized carbons (Fsp3) is 0.286. The van der Waals surface area contributed by atoms with Crippen LogP contribution in [0.4, 0.5) is 0 Å². The number of amides is 1. The summed E-state index contributed by atoms with van der Waals surface area (Å²) >= 11 is 0. The Morgan fingerprint density at radius 2 is 2.05 bits per heavy atom. The normalized spacial score (nSPS) is 10.5. The van der Waals surface area contributed by atoms with E-state index in [1.807, 2.05) is 5.43 Å². The number of carbonyl (C=O) groups excluding carboxylic acids is 1. The molecule has 0 unspecified atom stereocenters. The first-order valence-electron chi connectivity index (χ1n) is 6.81. The number of nitrogens with one attached hydrogen (secondary N) is 1. The molecule has 2 rings (SSSR count). The molecule has 2 aromatic rings. The van der Waals surface area contributed by atoms with E-state index in [1.165, 1.54) is 10.7 Å². The van der Waals surface area contributed by atoms with E-state index in [1.54, 1.807) is 24.5 Å². The highest BCUT2D eigenvalue weighted by Crippen LogP contribution is 2.15. The fourth-order valence-electron chi connectivity index (χ4n) is 1.97. The molecule has 1 amide bonds. The number of hydrogen-bond donors (Lipinski definition) is 3. The molecule has 0 aromatic carbocycles. The van der Waals surface area contributed by atoms with E-state index in [4.69, 9.17) is 10.9 Å². The van der Waals surface area contributed by atoms with Gasteiger partial charge in [-0.25, -0.2) is 10.5 Å². The molecule has 0 aliphatic carbocycles. The lowest BCUT2D eigenvalue weighted by Gasteiger charge is -2.10. The molecule has 0 saturated carbocycles. The van der Waals surface area contributed by atoms with Crippen LogP contribution in [0.25, 0.3) is 11.3 Å². The van der Waals surface area contributed by atoms with Gasteiger partial charge in [-0.2, -0.15) is 5.10 Å². The molecule has 8 heteroatoms. The van der Waals surface area contributed by atoms with Crippen molar-refractivity contribution in [1.82, 2.24) is 20.2 Å². The second-order valence-electron chi connectivity index (χ2n) is 4.61. The van der Waals surface area contributed by atoms with Crippen LogP contribution in [0.15, 0.2) is 35.4 Å². The summed E-state index contributed by atoms with van der Waals surface area (Å²) in [6.45, 7) is 0.345. The van der Waals surface area contributed by atoms with Crippen molar-refractivity contribution in [3.8, 4) is 11.3 Å². The van der Waals surface area contributed by atoms with Gasteiger partial charge in [0, 0.05) is 31.1 Å². The monoisotopic (exact) mass is 303 g/mol. The Morgan fingerprint density at radius 1 is 1.32 bits per heavy atom. The van der Waals surface area contributed by atoms with E-state index in [-0.39, 0.29) is 12.2 Å². The van der Waals surface area contributed by atoms with Crippen molar-refractivity contribution in [3.05, 3.63) is 46.5 Å². The summed E-state index contributed by atoms with van der Waals surface area (Å²) in [6, 6.07) is 4.87. The second-order valence-corrected chi connectivity index (χ2v) is 4.61. The van der Waals surface area contributed by atoms with E-state index in [0.717, 1.165) is 5.56 Å². The van der Waals surface area contributed by atoms with E-state index in [9.17, 15) is 9.59 Å². The molecular weight excluding hydrogens is 286 g/mol. The minimum atomic E-state index is -0.668. The zero-order valence-electron chi connectivity index (χ0n) is 11.9. The van der Waals surface area contributed by atoms with Crippen LogP contribution in [0.2, 0.25) is 0 Å². The van der Waals surface area contributed by atoms with Gasteiger partial charge in [0.2, 0.25) is 0 Å². The summed E-state index contributed by atoms with van der Waals surface area (Å²) in [6.07, 6.45) is 4.32. The molecule has 116 valence electrons. The number of carbonyl (C=O) groups is 1. The van der Waals surface area contributed by atoms with Gasteiger partial charge in [0.25, 0.3) is 11.5 Å². The number of hydrogen-bond acceptors (Lipinski definition) is 6. The number of hydrazine groups is 1. The fourth-order valence-corrected chi connectivity index (χ4v) is 1.97. The average Bonchev–Trinajstić information content (AvgIpc) is 2.56. The number of aliphatic hydroxyl groups is 1. The molecule has 2 aromatic heterocycles. The van der Waals surface area contributed by atoms with Crippen LogP contribution in [0.5, 0.6) is 0 Å². The molecule has 0 atom stereocenters. The molecule has 0 bridgehead atoms. The molecule has 2 heterocycles. The summed E-state index contributed by atoms with van der Waals surface area (Å²) < 4.78 is 1.22. The summed E-state index contributed by atoms with van der Waals surface area (Å²) in [7, 11) is 0. The molecular formula is C14H17N5O3. The number of pyridine rings is 1. The lowest BCUT2D eigenvalue weighted by atomic mass is 10.1. The van der Waals surface area contributed by atoms with Crippen LogP contribution in [-0.4, -0.2) is 32.4 Å². The highest BCUT2D eigenvalue weighted by atomic mass is 16.3. The first-order chi connectivity index (χ1) is 10.7. The topological polar surface area (TPSA) is 123 Å². The van der Waals surface area contributed by atoms with Gasteiger partial charge in [-0.3, -0.25) is 20.0 Å². The SMILES string of the molecule is NNC(=O)c1cc(-c2ccncc2)nn(CCCCO)c1=O. The van der Waals surface area contributed by atoms with E-state index >= 15 is 0 Å². The van der Waals surface area contributed by atoms with Crippen molar-refractivity contribution in [2.75, 3.05) is 6.61 Å². The average molecular weight is 303 g/mol. The summed E-state index contributed by atoms with van der Waals surface area (Å²) in [5.41, 5.74) is 2.58.